The Kier molecular flexibility index (Phi) is 3.20. The van der Waals surface area contributed by atoms with Crippen molar-refractivity contribution < 1.29 is 4.79 Å². The van der Waals surface area contributed by atoms with Crippen molar-refractivity contribution in [1.82, 2.24) is 5.32 Å². The summed E-state index contributed by atoms with van der Waals surface area (Å²) in [5.74, 6) is -0.0112. The van der Waals surface area contributed by atoms with Gasteiger partial charge >= 0.3 is 0 Å². The van der Waals surface area contributed by atoms with Crippen molar-refractivity contribution in [2.24, 2.45) is 5.73 Å². The maximum atomic E-state index is 12.0. The van der Waals surface area contributed by atoms with Crippen LogP contribution in [0.25, 0.3) is 0 Å². The molecule has 1 fully saturated rings. The van der Waals surface area contributed by atoms with Gasteiger partial charge in [0.1, 0.15) is 0 Å². The number of carbonyl (C=O) groups excluding carboxylic acids is 1. The average Bonchev–Trinajstić information content (AvgIpc) is 2.26. The fourth-order valence-electron chi connectivity index (χ4n) is 2.14. The van der Waals surface area contributed by atoms with Gasteiger partial charge in [-0.25, -0.2) is 0 Å². The summed E-state index contributed by atoms with van der Waals surface area (Å²) in [6, 6.07) is 5.92. The van der Waals surface area contributed by atoms with Crippen molar-refractivity contribution >= 4 is 5.91 Å². The number of aryl methyl sites for hydroxylation is 2. The Morgan fingerprint density at radius 3 is 2.71 bits per heavy atom. The Bertz CT molecular complexity index is 436. The van der Waals surface area contributed by atoms with Crippen LogP contribution in [-0.2, 0) is 0 Å². The maximum absolute atomic E-state index is 12.0. The smallest absolute Gasteiger partial charge is 0.251 e. The predicted molar refractivity (Wildman–Crippen MR) is 69.0 cm³/mol. The van der Waals surface area contributed by atoms with E-state index in [9.17, 15) is 4.79 Å². The van der Waals surface area contributed by atoms with Crippen LogP contribution < -0.4 is 11.1 Å². The highest BCUT2D eigenvalue weighted by Gasteiger charge is 2.32. The number of nitrogens with one attached hydrogen (secondary N) is 1. The minimum absolute atomic E-state index is 0.0112. The van der Waals surface area contributed by atoms with E-state index in [1.807, 2.05) is 32.0 Å². The molecule has 3 N–H and O–H groups in total. The van der Waals surface area contributed by atoms with E-state index in [4.69, 9.17) is 5.73 Å². The van der Waals surface area contributed by atoms with E-state index in [1.165, 1.54) is 6.42 Å². The highest BCUT2D eigenvalue weighted by atomic mass is 16.1. The largest absolute Gasteiger partial charge is 0.350 e. The molecule has 92 valence electrons. The fraction of sp³-hybridized carbons (Fsp3) is 0.500. The molecule has 0 heterocycles. The van der Waals surface area contributed by atoms with Gasteiger partial charge in [0.05, 0.1) is 0 Å². The van der Waals surface area contributed by atoms with Crippen LogP contribution in [0.1, 0.15) is 40.7 Å². The summed E-state index contributed by atoms with van der Waals surface area (Å²) in [6.45, 7) is 4.53. The number of carbonyl (C=O) groups is 1. The highest BCUT2D eigenvalue weighted by molar-refractivity contribution is 5.95. The fourth-order valence-corrected chi connectivity index (χ4v) is 2.14. The van der Waals surface area contributed by atoms with Crippen molar-refractivity contribution in [2.75, 3.05) is 6.54 Å². The molecule has 0 unspecified atom stereocenters. The molecule has 1 aromatic carbocycles. The number of hydrogen-bond donors (Lipinski definition) is 2. The minimum atomic E-state index is -0.159. The lowest BCUT2D eigenvalue weighted by atomic mass is 9.78. The first-order chi connectivity index (χ1) is 8.00. The standard InChI is InChI=1S/C14H20N2O/c1-10-4-5-11(2)12(8-10)13(17)16-9-14(15)6-3-7-14/h4-5,8H,3,6-7,9,15H2,1-2H3,(H,16,17). The number of rotatable bonds is 3. The number of nitrogens with two attached hydrogens (primary N) is 1. The Morgan fingerprint density at radius 1 is 1.41 bits per heavy atom. The molecule has 0 saturated heterocycles. The van der Waals surface area contributed by atoms with Crippen LogP contribution in [0.3, 0.4) is 0 Å². The zero-order chi connectivity index (χ0) is 12.5. The van der Waals surface area contributed by atoms with Crippen molar-refractivity contribution in [3.8, 4) is 0 Å². The third-order valence-electron chi connectivity index (χ3n) is 3.59. The summed E-state index contributed by atoms with van der Waals surface area (Å²) < 4.78 is 0. The van der Waals surface area contributed by atoms with Gasteiger partial charge in [0.2, 0.25) is 0 Å². The first kappa shape index (κ1) is 12.1. The molecular formula is C14H20N2O. The van der Waals surface area contributed by atoms with Gasteiger partial charge in [-0.15, -0.1) is 0 Å². The Hall–Kier alpha value is -1.35. The lowest BCUT2D eigenvalue weighted by molar-refractivity contribution is 0.0929. The molecule has 1 saturated carbocycles. The van der Waals surface area contributed by atoms with Gasteiger partial charge in [-0.2, -0.15) is 0 Å². The summed E-state index contributed by atoms with van der Waals surface area (Å²) >= 11 is 0. The Labute approximate surface area is 102 Å². The van der Waals surface area contributed by atoms with Gasteiger partial charge in [-0.05, 0) is 44.7 Å². The van der Waals surface area contributed by atoms with E-state index in [2.05, 4.69) is 5.32 Å². The molecule has 1 aliphatic carbocycles. The minimum Gasteiger partial charge on any atom is -0.350 e. The van der Waals surface area contributed by atoms with Crippen LogP contribution in [-0.4, -0.2) is 18.0 Å². The highest BCUT2D eigenvalue weighted by Crippen LogP contribution is 2.28. The summed E-state index contributed by atoms with van der Waals surface area (Å²) in [7, 11) is 0. The van der Waals surface area contributed by atoms with Crippen molar-refractivity contribution in [3.05, 3.63) is 34.9 Å². The molecule has 0 atom stereocenters. The topological polar surface area (TPSA) is 55.1 Å². The van der Waals surface area contributed by atoms with Crippen LogP contribution in [0.4, 0.5) is 0 Å². The summed E-state index contributed by atoms with van der Waals surface area (Å²) in [5, 5.41) is 2.95. The normalized spacial score (nSPS) is 17.4. The predicted octanol–water partition coefficient (Wildman–Crippen LogP) is 1.91. The van der Waals surface area contributed by atoms with E-state index in [-0.39, 0.29) is 11.4 Å². The zero-order valence-electron chi connectivity index (χ0n) is 10.5. The molecule has 17 heavy (non-hydrogen) atoms. The van der Waals surface area contributed by atoms with Crippen molar-refractivity contribution in [2.45, 2.75) is 38.6 Å². The molecule has 0 bridgehead atoms. The number of hydrogen-bond acceptors (Lipinski definition) is 2. The summed E-state index contributed by atoms with van der Waals surface area (Å²) in [5.41, 5.74) is 8.79. The van der Waals surface area contributed by atoms with Gasteiger partial charge in [-0.1, -0.05) is 17.7 Å². The van der Waals surface area contributed by atoms with E-state index in [0.29, 0.717) is 6.54 Å². The molecule has 1 amide bonds. The molecule has 0 aromatic heterocycles. The van der Waals surface area contributed by atoms with Crippen molar-refractivity contribution in [1.29, 1.82) is 0 Å². The van der Waals surface area contributed by atoms with Crippen LogP contribution in [0.5, 0.6) is 0 Å². The summed E-state index contributed by atoms with van der Waals surface area (Å²) in [6.07, 6.45) is 3.20. The van der Waals surface area contributed by atoms with Gasteiger partial charge < -0.3 is 11.1 Å². The molecule has 3 nitrogen and oxygen atoms in total. The molecule has 0 aliphatic heterocycles. The Morgan fingerprint density at radius 2 is 2.12 bits per heavy atom. The van der Waals surface area contributed by atoms with Gasteiger partial charge in [0, 0.05) is 17.6 Å². The molecular weight excluding hydrogens is 212 g/mol. The van der Waals surface area contributed by atoms with E-state index >= 15 is 0 Å². The van der Waals surface area contributed by atoms with Gasteiger partial charge in [-0.3, -0.25) is 4.79 Å². The summed E-state index contributed by atoms with van der Waals surface area (Å²) in [4.78, 5) is 12.0. The molecule has 3 heteroatoms. The van der Waals surface area contributed by atoms with Gasteiger partial charge in [0.15, 0.2) is 0 Å². The second kappa shape index (κ2) is 4.49. The van der Waals surface area contributed by atoms with E-state index in [0.717, 1.165) is 29.5 Å². The first-order valence-electron chi connectivity index (χ1n) is 6.15. The number of benzene rings is 1. The molecule has 0 spiro atoms. The van der Waals surface area contributed by atoms with Crippen LogP contribution in [0.15, 0.2) is 18.2 Å². The first-order valence-corrected chi connectivity index (χ1v) is 6.15. The monoisotopic (exact) mass is 232 g/mol. The second-order valence-corrected chi connectivity index (χ2v) is 5.22. The molecule has 1 aromatic rings. The van der Waals surface area contributed by atoms with E-state index in [1.54, 1.807) is 0 Å². The molecule has 0 radical (unpaired) electrons. The Balaban J connectivity index is 2.01. The van der Waals surface area contributed by atoms with E-state index < -0.39 is 0 Å². The second-order valence-electron chi connectivity index (χ2n) is 5.22. The van der Waals surface area contributed by atoms with Crippen LogP contribution in [0, 0.1) is 13.8 Å². The zero-order valence-corrected chi connectivity index (χ0v) is 10.5. The van der Waals surface area contributed by atoms with Crippen molar-refractivity contribution in [3.63, 3.8) is 0 Å². The number of amides is 1. The van der Waals surface area contributed by atoms with Crippen LogP contribution in [0.2, 0.25) is 0 Å². The SMILES string of the molecule is Cc1ccc(C)c(C(=O)NCC2(N)CCC2)c1. The third kappa shape index (κ3) is 2.67. The quantitative estimate of drug-likeness (QED) is 0.836. The maximum Gasteiger partial charge on any atom is 0.251 e. The lowest BCUT2D eigenvalue weighted by Crippen LogP contribution is -2.55. The molecule has 2 rings (SSSR count). The lowest BCUT2D eigenvalue weighted by Gasteiger charge is -2.38. The van der Waals surface area contributed by atoms with Crippen LogP contribution >= 0.6 is 0 Å². The average molecular weight is 232 g/mol. The third-order valence-corrected chi connectivity index (χ3v) is 3.59. The molecule has 1 aliphatic rings. The van der Waals surface area contributed by atoms with Gasteiger partial charge in [0.25, 0.3) is 5.91 Å².